The molecule has 0 aromatic heterocycles. The minimum absolute atomic E-state index is 0. The zero-order chi connectivity index (χ0) is 6.57. The van der Waals surface area contributed by atoms with Gasteiger partial charge in [0.2, 0.25) is 0 Å². The Balaban J connectivity index is 0. The van der Waals surface area contributed by atoms with Gasteiger partial charge in [0, 0.05) is 5.57 Å². The number of hydrogen-bond acceptors (Lipinski definition) is 2. The Hall–Kier alpha value is -0.360. The van der Waals surface area contributed by atoms with Gasteiger partial charge in [-0.25, -0.2) is 4.79 Å². The molecule has 0 saturated carbocycles. The van der Waals surface area contributed by atoms with Gasteiger partial charge in [-0.2, -0.15) is 9.90 Å². The fourth-order valence-electron chi connectivity index (χ4n) is 0.254. The van der Waals surface area contributed by atoms with E-state index in [1.807, 2.05) is 0 Å². The fourth-order valence-corrected chi connectivity index (χ4v) is 0.254. The minimum Gasteiger partial charge on any atom is -0.463 e. The van der Waals surface area contributed by atoms with Crippen molar-refractivity contribution in [1.82, 2.24) is 0 Å². The summed E-state index contributed by atoms with van der Waals surface area (Å²) in [6, 6.07) is 0. The summed E-state index contributed by atoms with van der Waals surface area (Å²) in [6.07, 6.45) is 0. The fraction of sp³-hybridized carbons (Fsp3) is 0.500. The van der Waals surface area contributed by atoms with E-state index in [-0.39, 0.29) is 15.9 Å². The first-order chi connectivity index (χ1) is 3.68. The monoisotopic (exact) mass is 148 g/mol. The van der Waals surface area contributed by atoms with Crippen LogP contribution in [0.1, 0.15) is 13.8 Å². The second kappa shape index (κ2) is 5.77. The molecule has 0 aliphatic carbocycles. The summed E-state index contributed by atoms with van der Waals surface area (Å²) in [7, 11) is 0. The molecule has 0 fully saturated rings. The van der Waals surface area contributed by atoms with Crippen molar-refractivity contribution in [3.63, 3.8) is 0 Å². The number of hydrogen-bond donors (Lipinski definition) is 0. The van der Waals surface area contributed by atoms with Crippen LogP contribution >= 0.6 is 9.90 Å². The molecule has 3 heteroatoms. The topological polar surface area (TPSA) is 26.3 Å². The van der Waals surface area contributed by atoms with Gasteiger partial charge in [0.25, 0.3) is 0 Å². The van der Waals surface area contributed by atoms with E-state index < -0.39 is 0 Å². The maximum Gasteiger partial charge on any atom is 0.333 e. The summed E-state index contributed by atoms with van der Waals surface area (Å²) < 4.78 is 4.56. The van der Waals surface area contributed by atoms with E-state index in [1.165, 1.54) is 0 Å². The molecule has 0 aromatic rings. The van der Waals surface area contributed by atoms with E-state index in [2.05, 4.69) is 11.3 Å². The van der Waals surface area contributed by atoms with E-state index in [9.17, 15) is 4.79 Å². The zero-order valence-corrected chi connectivity index (χ0v) is 7.35. The molecule has 0 bridgehead atoms. The molecule has 9 heavy (non-hydrogen) atoms. The molecule has 0 rings (SSSR count). The van der Waals surface area contributed by atoms with E-state index in [1.54, 1.807) is 13.8 Å². The molecule has 0 aliphatic rings. The average Bonchev–Trinajstić information content (AvgIpc) is 1.67. The van der Waals surface area contributed by atoms with Crippen molar-refractivity contribution < 1.29 is 9.53 Å². The lowest BCUT2D eigenvalue weighted by Gasteiger charge is -1.96. The van der Waals surface area contributed by atoms with Crippen molar-refractivity contribution >= 4 is 15.9 Å². The minimum atomic E-state index is -0.312. The van der Waals surface area contributed by atoms with Gasteiger partial charge in [-0.05, 0) is 13.8 Å². The maximum atomic E-state index is 10.4. The molecule has 1 unspecified atom stereocenters. The molecule has 0 N–H and O–H groups in total. The van der Waals surface area contributed by atoms with Gasteiger partial charge in [0.05, 0.1) is 6.61 Å². The van der Waals surface area contributed by atoms with Crippen molar-refractivity contribution in [2.24, 2.45) is 0 Å². The van der Waals surface area contributed by atoms with Gasteiger partial charge in [0.1, 0.15) is 0 Å². The quantitative estimate of drug-likeness (QED) is 0.334. The number of carbonyl (C=O) groups is 1. The standard InChI is InChI=1S/C6H10O2.H3P/c1-4-8-6(7)5(2)3;/h2,4H2,1,3H3;1H3. The van der Waals surface area contributed by atoms with E-state index in [0.29, 0.717) is 12.2 Å². The van der Waals surface area contributed by atoms with Crippen molar-refractivity contribution in [3.8, 4) is 0 Å². The van der Waals surface area contributed by atoms with Crippen LogP contribution in [0.3, 0.4) is 0 Å². The lowest BCUT2D eigenvalue weighted by Crippen LogP contribution is -2.03. The highest BCUT2D eigenvalue weighted by molar-refractivity contribution is 6.92. The molecule has 1 atom stereocenters. The molecule has 0 aromatic carbocycles. The van der Waals surface area contributed by atoms with E-state index >= 15 is 0 Å². The number of esters is 1. The highest BCUT2D eigenvalue weighted by Crippen LogP contribution is 1.89. The molecule has 54 valence electrons. The predicted molar refractivity (Wildman–Crippen MR) is 42.6 cm³/mol. The van der Waals surface area contributed by atoms with Crippen LogP contribution in [-0.2, 0) is 9.53 Å². The first kappa shape index (κ1) is 11.4. The number of ether oxygens (including phenoxy) is 1. The average molecular weight is 148 g/mol. The number of rotatable bonds is 2. The van der Waals surface area contributed by atoms with Crippen molar-refractivity contribution in [1.29, 1.82) is 0 Å². The van der Waals surface area contributed by atoms with Gasteiger partial charge < -0.3 is 4.74 Å². The summed E-state index contributed by atoms with van der Waals surface area (Å²) in [5.41, 5.74) is 0.451. The SMILES string of the molecule is C=C(C)C(=O)OCC.P. The molecular formula is C6H13O2P. The summed E-state index contributed by atoms with van der Waals surface area (Å²) in [6.45, 7) is 7.21. The Kier molecular flexibility index (Phi) is 7.33. The van der Waals surface area contributed by atoms with Crippen LogP contribution in [0.2, 0.25) is 0 Å². The van der Waals surface area contributed by atoms with Gasteiger partial charge >= 0.3 is 5.97 Å². The zero-order valence-electron chi connectivity index (χ0n) is 5.94. The van der Waals surface area contributed by atoms with Crippen LogP contribution in [0.4, 0.5) is 0 Å². The highest BCUT2D eigenvalue weighted by Gasteiger charge is 1.98. The third-order valence-electron chi connectivity index (χ3n) is 0.624. The summed E-state index contributed by atoms with van der Waals surface area (Å²) in [5, 5.41) is 0. The predicted octanol–water partition coefficient (Wildman–Crippen LogP) is 1.18. The molecule has 0 aliphatic heterocycles. The van der Waals surface area contributed by atoms with Gasteiger partial charge in [-0.3, -0.25) is 0 Å². The Morgan fingerprint density at radius 1 is 1.67 bits per heavy atom. The third-order valence-corrected chi connectivity index (χ3v) is 0.624. The second-order valence-electron chi connectivity index (χ2n) is 1.50. The van der Waals surface area contributed by atoms with Gasteiger partial charge in [-0.1, -0.05) is 6.58 Å². The summed E-state index contributed by atoms with van der Waals surface area (Å²) in [4.78, 5) is 10.4. The lowest BCUT2D eigenvalue weighted by atomic mass is 10.4. The Bertz CT molecular complexity index is 110. The Morgan fingerprint density at radius 3 is 2.22 bits per heavy atom. The molecule has 0 amide bonds. The van der Waals surface area contributed by atoms with Crippen LogP contribution in [0, 0.1) is 0 Å². The van der Waals surface area contributed by atoms with E-state index in [0.717, 1.165) is 0 Å². The summed E-state index contributed by atoms with van der Waals surface area (Å²) >= 11 is 0. The first-order valence-electron chi connectivity index (χ1n) is 2.51. The van der Waals surface area contributed by atoms with Gasteiger partial charge in [-0.15, -0.1) is 0 Å². The maximum absolute atomic E-state index is 10.4. The molecule has 2 nitrogen and oxygen atoms in total. The number of carbonyl (C=O) groups excluding carboxylic acids is 1. The van der Waals surface area contributed by atoms with Crippen LogP contribution in [0.5, 0.6) is 0 Å². The van der Waals surface area contributed by atoms with Crippen molar-refractivity contribution in [2.45, 2.75) is 13.8 Å². The van der Waals surface area contributed by atoms with E-state index in [4.69, 9.17) is 0 Å². The Morgan fingerprint density at radius 2 is 2.11 bits per heavy atom. The van der Waals surface area contributed by atoms with Crippen LogP contribution in [0.25, 0.3) is 0 Å². The van der Waals surface area contributed by atoms with Crippen molar-refractivity contribution in [3.05, 3.63) is 12.2 Å². The molecule has 0 radical (unpaired) electrons. The van der Waals surface area contributed by atoms with Crippen LogP contribution in [-0.4, -0.2) is 12.6 Å². The van der Waals surface area contributed by atoms with Crippen molar-refractivity contribution in [2.75, 3.05) is 6.61 Å². The largest absolute Gasteiger partial charge is 0.463 e. The molecule has 0 saturated heterocycles. The van der Waals surface area contributed by atoms with Crippen LogP contribution in [0.15, 0.2) is 12.2 Å². The molecule has 0 spiro atoms. The lowest BCUT2D eigenvalue weighted by molar-refractivity contribution is -0.138. The Labute approximate surface area is 58.9 Å². The van der Waals surface area contributed by atoms with Crippen LogP contribution < -0.4 is 0 Å². The summed E-state index contributed by atoms with van der Waals surface area (Å²) in [5.74, 6) is -0.312. The second-order valence-corrected chi connectivity index (χ2v) is 1.50. The normalized spacial score (nSPS) is 7.33. The molecule has 0 heterocycles. The third kappa shape index (κ3) is 5.51. The molecular weight excluding hydrogens is 135 g/mol. The first-order valence-corrected chi connectivity index (χ1v) is 2.51. The smallest absolute Gasteiger partial charge is 0.333 e. The van der Waals surface area contributed by atoms with Gasteiger partial charge in [0.15, 0.2) is 0 Å². The highest BCUT2D eigenvalue weighted by atomic mass is 31.0.